The fourth-order valence-electron chi connectivity index (χ4n) is 1.88. The number of benzene rings is 1. The quantitative estimate of drug-likeness (QED) is 0.627. The van der Waals surface area contributed by atoms with Crippen molar-refractivity contribution in [2.24, 2.45) is 0 Å². The van der Waals surface area contributed by atoms with Crippen LogP contribution in [0.25, 0.3) is 16.2 Å². The summed E-state index contributed by atoms with van der Waals surface area (Å²) in [6.07, 6.45) is 1.96. The molecule has 2 nitrogen and oxygen atoms in total. The highest BCUT2D eigenvalue weighted by atomic mass is 32.1. The van der Waals surface area contributed by atoms with Crippen molar-refractivity contribution in [3.8, 4) is 11.3 Å². The van der Waals surface area contributed by atoms with E-state index >= 15 is 0 Å². The standard InChI is InChI=1S/C12H9FN2S/c1-8-11(9-3-2-4-10(13)7-9)15-5-6-16-12(15)14-8/h2-7H,1H3. The number of fused-ring (bicyclic) bond motifs is 1. The van der Waals surface area contributed by atoms with E-state index in [-0.39, 0.29) is 5.82 Å². The number of rotatable bonds is 1. The second kappa shape index (κ2) is 3.42. The summed E-state index contributed by atoms with van der Waals surface area (Å²) < 4.78 is 15.2. The lowest BCUT2D eigenvalue weighted by atomic mass is 10.1. The largest absolute Gasteiger partial charge is 0.290 e. The molecule has 0 saturated carbocycles. The lowest BCUT2D eigenvalue weighted by molar-refractivity contribution is 0.628. The molecule has 4 heteroatoms. The second-order valence-electron chi connectivity index (χ2n) is 3.61. The fourth-order valence-corrected chi connectivity index (χ4v) is 2.64. The van der Waals surface area contributed by atoms with Gasteiger partial charge in [0.15, 0.2) is 4.96 Å². The number of nitrogens with zero attached hydrogens (tertiary/aromatic N) is 2. The molecule has 2 heterocycles. The van der Waals surface area contributed by atoms with Crippen LogP contribution in [0.1, 0.15) is 5.69 Å². The van der Waals surface area contributed by atoms with Gasteiger partial charge in [-0.2, -0.15) is 0 Å². The Kier molecular flexibility index (Phi) is 2.04. The third kappa shape index (κ3) is 1.34. The van der Waals surface area contributed by atoms with Gasteiger partial charge in [-0.05, 0) is 19.1 Å². The number of aromatic nitrogens is 2. The highest BCUT2D eigenvalue weighted by Crippen LogP contribution is 2.27. The van der Waals surface area contributed by atoms with Crippen molar-refractivity contribution in [2.45, 2.75) is 6.92 Å². The molecule has 2 aromatic heterocycles. The van der Waals surface area contributed by atoms with E-state index in [1.165, 1.54) is 12.1 Å². The average Bonchev–Trinajstić information content (AvgIpc) is 2.76. The van der Waals surface area contributed by atoms with E-state index in [4.69, 9.17) is 0 Å². The fraction of sp³-hybridized carbons (Fsp3) is 0.0833. The summed E-state index contributed by atoms with van der Waals surface area (Å²) in [5.74, 6) is -0.220. The van der Waals surface area contributed by atoms with Gasteiger partial charge in [0.2, 0.25) is 0 Å². The molecule has 80 valence electrons. The van der Waals surface area contributed by atoms with E-state index in [0.717, 1.165) is 21.9 Å². The highest BCUT2D eigenvalue weighted by molar-refractivity contribution is 7.15. The van der Waals surface area contributed by atoms with Crippen LogP contribution in [-0.2, 0) is 0 Å². The van der Waals surface area contributed by atoms with Crippen LogP contribution >= 0.6 is 11.3 Å². The first-order valence-electron chi connectivity index (χ1n) is 4.94. The number of thiazole rings is 1. The van der Waals surface area contributed by atoms with Crippen LogP contribution in [-0.4, -0.2) is 9.38 Å². The molecular formula is C12H9FN2S. The number of halogens is 1. The number of hydrogen-bond acceptors (Lipinski definition) is 2. The monoisotopic (exact) mass is 232 g/mol. The maximum absolute atomic E-state index is 13.2. The lowest BCUT2D eigenvalue weighted by Crippen LogP contribution is -1.87. The summed E-state index contributed by atoms with van der Waals surface area (Å²) >= 11 is 1.58. The third-order valence-electron chi connectivity index (χ3n) is 2.53. The normalized spacial score (nSPS) is 11.1. The lowest BCUT2D eigenvalue weighted by Gasteiger charge is -2.01. The number of imidazole rings is 1. The van der Waals surface area contributed by atoms with Gasteiger partial charge in [0, 0.05) is 17.1 Å². The van der Waals surface area contributed by atoms with Crippen LogP contribution in [0.4, 0.5) is 4.39 Å². The highest BCUT2D eigenvalue weighted by Gasteiger charge is 2.11. The Hall–Kier alpha value is -1.68. The van der Waals surface area contributed by atoms with Crippen LogP contribution in [0, 0.1) is 12.7 Å². The Morgan fingerprint density at radius 2 is 2.25 bits per heavy atom. The van der Waals surface area contributed by atoms with Crippen LogP contribution in [0.15, 0.2) is 35.8 Å². The van der Waals surface area contributed by atoms with Crippen LogP contribution in [0.5, 0.6) is 0 Å². The molecular weight excluding hydrogens is 223 g/mol. The molecule has 3 aromatic rings. The third-order valence-corrected chi connectivity index (χ3v) is 3.29. The van der Waals surface area contributed by atoms with E-state index in [1.807, 2.05) is 29.0 Å². The summed E-state index contributed by atoms with van der Waals surface area (Å²) in [6.45, 7) is 1.94. The number of aryl methyl sites for hydroxylation is 1. The molecule has 0 N–H and O–H groups in total. The van der Waals surface area contributed by atoms with E-state index in [0.29, 0.717) is 0 Å². The molecule has 3 rings (SSSR count). The molecule has 0 bridgehead atoms. The van der Waals surface area contributed by atoms with Crippen molar-refractivity contribution in [3.05, 3.63) is 47.4 Å². The van der Waals surface area contributed by atoms with Gasteiger partial charge in [-0.1, -0.05) is 12.1 Å². The zero-order valence-electron chi connectivity index (χ0n) is 8.64. The molecule has 0 unspecified atom stereocenters. The minimum Gasteiger partial charge on any atom is -0.290 e. The van der Waals surface area contributed by atoms with Gasteiger partial charge in [-0.3, -0.25) is 4.40 Å². The van der Waals surface area contributed by atoms with Gasteiger partial charge < -0.3 is 0 Å². The van der Waals surface area contributed by atoms with E-state index < -0.39 is 0 Å². The van der Waals surface area contributed by atoms with Gasteiger partial charge in [0.1, 0.15) is 5.82 Å². The molecule has 16 heavy (non-hydrogen) atoms. The molecule has 0 aliphatic heterocycles. The smallest absolute Gasteiger partial charge is 0.194 e. The summed E-state index contributed by atoms with van der Waals surface area (Å²) in [4.78, 5) is 5.38. The summed E-state index contributed by atoms with van der Waals surface area (Å²) in [6, 6.07) is 6.60. The molecule has 0 spiro atoms. The van der Waals surface area contributed by atoms with Gasteiger partial charge >= 0.3 is 0 Å². The van der Waals surface area contributed by atoms with Crippen molar-refractivity contribution in [2.75, 3.05) is 0 Å². The van der Waals surface area contributed by atoms with Crippen molar-refractivity contribution in [1.29, 1.82) is 0 Å². The molecule has 0 saturated heterocycles. The summed E-state index contributed by atoms with van der Waals surface area (Å²) in [7, 11) is 0. The summed E-state index contributed by atoms with van der Waals surface area (Å²) in [5, 5.41) is 1.98. The van der Waals surface area contributed by atoms with Crippen molar-refractivity contribution in [3.63, 3.8) is 0 Å². The second-order valence-corrected chi connectivity index (χ2v) is 4.48. The van der Waals surface area contributed by atoms with Gasteiger partial charge in [-0.25, -0.2) is 9.37 Å². The first kappa shape index (κ1) is 9.54. The molecule has 0 atom stereocenters. The maximum Gasteiger partial charge on any atom is 0.194 e. The first-order chi connectivity index (χ1) is 7.75. The van der Waals surface area contributed by atoms with Crippen LogP contribution < -0.4 is 0 Å². The molecule has 0 aliphatic carbocycles. The SMILES string of the molecule is Cc1nc2sccn2c1-c1cccc(F)c1. The summed E-state index contributed by atoms with van der Waals surface area (Å²) in [5.41, 5.74) is 2.76. The van der Waals surface area contributed by atoms with Crippen LogP contribution in [0.3, 0.4) is 0 Å². The topological polar surface area (TPSA) is 17.3 Å². The van der Waals surface area contributed by atoms with E-state index in [1.54, 1.807) is 17.4 Å². The number of hydrogen-bond donors (Lipinski definition) is 0. The van der Waals surface area contributed by atoms with E-state index in [9.17, 15) is 4.39 Å². The van der Waals surface area contributed by atoms with Crippen molar-refractivity contribution < 1.29 is 4.39 Å². The van der Waals surface area contributed by atoms with Gasteiger partial charge in [-0.15, -0.1) is 11.3 Å². The molecule has 0 aliphatic rings. The van der Waals surface area contributed by atoms with Crippen LogP contribution in [0.2, 0.25) is 0 Å². The molecule has 0 amide bonds. The molecule has 0 radical (unpaired) electrons. The maximum atomic E-state index is 13.2. The Bertz CT molecular complexity index is 654. The van der Waals surface area contributed by atoms with Gasteiger partial charge in [0.25, 0.3) is 0 Å². The minimum absolute atomic E-state index is 0.220. The first-order valence-corrected chi connectivity index (χ1v) is 5.82. The molecule has 1 aromatic carbocycles. The average molecular weight is 232 g/mol. The Labute approximate surface area is 96.0 Å². The van der Waals surface area contributed by atoms with Gasteiger partial charge in [0.05, 0.1) is 11.4 Å². The van der Waals surface area contributed by atoms with Crippen molar-refractivity contribution in [1.82, 2.24) is 9.38 Å². The molecule has 0 fully saturated rings. The van der Waals surface area contributed by atoms with Crippen molar-refractivity contribution >= 4 is 16.3 Å². The van der Waals surface area contributed by atoms with E-state index in [2.05, 4.69) is 4.98 Å². The minimum atomic E-state index is -0.220. The zero-order valence-corrected chi connectivity index (χ0v) is 9.46. The predicted octanol–water partition coefficient (Wildman–Crippen LogP) is 3.51. The Morgan fingerprint density at radius 3 is 3.06 bits per heavy atom. The Balaban J connectivity index is 2.32. The predicted molar refractivity (Wildman–Crippen MR) is 63.2 cm³/mol. The zero-order chi connectivity index (χ0) is 11.1. The Morgan fingerprint density at radius 1 is 1.38 bits per heavy atom.